The van der Waals surface area contributed by atoms with Crippen LogP contribution in [-0.2, 0) is 16.0 Å². The van der Waals surface area contributed by atoms with Crippen LogP contribution in [0.15, 0.2) is 10.8 Å². The molecule has 1 rings (SSSR count). The number of aryl methyl sites for hydroxylation is 1. The minimum absolute atomic E-state index is 0.157. The van der Waals surface area contributed by atoms with Crippen molar-refractivity contribution in [3.63, 3.8) is 0 Å². The zero-order chi connectivity index (χ0) is 20.2. The molecule has 148 valence electrons. The Balaban J connectivity index is 0.000000758. The monoisotopic (exact) mass is 418 g/mol. The minimum atomic E-state index is -5.08. The standard InChI is InChI=1S/C11H16N2O4S2.C2HF3O2/c1-2-9-8(7-17-13-9)11(16)12-4-6-19-18-5-3-10(14)15;3-2(4,5)1(6)7/h7H,2-6H2,1H3,(H,12,16)(H,14,15);(H,6,7). The third-order valence-corrected chi connectivity index (χ3v) is 4.83. The molecule has 0 fully saturated rings. The molecule has 0 aromatic carbocycles. The topological polar surface area (TPSA) is 130 Å². The lowest BCUT2D eigenvalue weighted by atomic mass is 10.2. The molecule has 1 amide bonds. The number of hydrogen-bond donors (Lipinski definition) is 3. The van der Waals surface area contributed by atoms with Crippen LogP contribution in [0.2, 0.25) is 0 Å². The van der Waals surface area contributed by atoms with Gasteiger partial charge in [0.25, 0.3) is 5.91 Å². The van der Waals surface area contributed by atoms with Gasteiger partial charge in [-0.15, -0.1) is 0 Å². The third-order valence-electron chi connectivity index (χ3n) is 2.42. The predicted octanol–water partition coefficient (Wildman–Crippen LogP) is 2.46. The Morgan fingerprint density at radius 2 is 1.81 bits per heavy atom. The van der Waals surface area contributed by atoms with Crippen LogP contribution in [0.1, 0.15) is 29.4 Å². The zero-order valence-corrected chi connectivity index (χ0v) is 15.2. The van der Waals surface area contributed by atoms with Gasteiger partial charge in [0.1, 0.15) is 11.8 Å². The predicted molar refractivity (Wildman–Crippen MR) is 89.1 cm³/mol. The molecule has 1 heterocycles. The minimum Gasteiger partial charge on any atom is -0.481 e. The first kappa shape index (κ1) is 24.1. The van der Waals surface area contributed by atoms with E-state index in [9.17, 15) is 22.8 Å². The highest BCUT2D eigenvalue weighted by atomic mass is 33.1. The summed E-state index contributed by atoms with van der Waals surface area (Å²) in [6, 6.07) is 0. The number of carbonyl (C=O) groups excluding carboxylic acids is 1. The molecular formula is C13H17F3N2O6S2. The van der Waals surface area contributed by atoms with Crippen LogP contribution >= 0.6 is 21.6 Å². The van der Waals surface area contributed by atoms with Gasteiger partial charge in [-0.25, -0.2) is 4.79 Å². The van der Waals surface area contributed by atoms with Gasteiger partial charge in [0.05, 0.1) is 12.1 Å². The average molecular weight is 418 g/mol. The van der Waals surface area contributed by atoms with Gasteiger partial charge in [-0.3, -0.25) is 9.59 Å². The largest absolute Gasteiger partial charge is 0.490 e. The molecule has 13 heteroatoms. The SMILES string of the molecule is CCc1nocc1C(=O)NCCSSCCC(=O)O.O=C(O)C(F)(F)F. The molecule has 1 aromatic rings. The second-order valence-electron chi connectivity index (χ2n) is 4.37. The molecule has 0 unspecified atom stereocenters. The summed E-state index contributed by atoms with van der Waals surface area (Å²) in [5.41, 5.74) is 1.13. The second-order valence-corrected chi connectivity index (χ2v) is 7.08. The number of alkyl halides is 3. The Bertz CT molecular complexity index is 595. The molecule has 0 saturated heterocycles. The van der Waals surface area contributed by atoms with Crippen molar-refractivity contribution in [3.05, 3.63) is 17.5 Å². The highest BCUT2D eigenvalue weighted by Gasteiger charge is 2.38. The maximum atomic E-state index is 11.8. The number of carbonyl (C=O) groups is 3. The van der Waals surface area contributed by atoms with Crippen LogP contribution in [-0.4, -0.2) is 57.4 Å². The Labute approximate surface area is 154 Å². The number of aliphatic carboxylic acids is 2. The lowest BCUT2D eigenvalue weighted by Gasteiger charge is -2.03. The van der Waals surface area contributed by atoms with Crippen molar-refractivity contribution in [1.82, 2.24) is 10.5 Å². The van der Waals surface area contributed by atoms with E-state index < -0.39 is 18.1 Å². The highest BCUT2D eigenvalue weighted by molar-refractivity contribution is 8.76. The van der Waals surface area contributed by atoms with Gasteiger partial charge >= 0.3 is 18.1 Å². The third kappa shape index (κ3) is 10.9. The molecule has 0 atom stereocenters. The Hall–Kier alpha value is -1.89. The summed E-state index contributed by atoms with van der Waals surface area (Å²) in [7, 11) is 3.04. The maximum absolute atomic E-state index is 11.8. The fourth-order valence-electron chi connectivity index (χ4n) is 1.25. The smallest absolute Gasteiger partial charge is 0.481 e. The molecule has 1 aromatic heterocycles. The Morgan fingerprint density at radius 3 is 2.31 bits per heavy atom. The molecule has 0 bridgehead atoms. The van der Waals surface area contributed by atoms with Crippen LogP contribution in [0.3, 0.4) is 0 Å². The van der Waals surface area contributed by atoms with Gasteiger partial charge in [-0.05, 0) is 6.42 Å². The van der Waals surface area contributed by atoms with Gasteiger partial charge in [-0.1, -0.05) is 33.7 Å². The van der Waals surface area contributed by atoms with E-state index in [2.05, 4.69) is 10.5 Å². The van der Waals surface area contributed by atoms with Gasteiger partial charge in [0.15, 0.2) is 0 Å². The van der Waals surface area contributed by atoms with E-state index >= 15 is 0 Å². The molecule has 0 saturated carbocycles. The molecule has 0 aliphatic carbocycles. The van der Waals surface area contributed by atoms with Crippen molar-refractivity contribution in [2.24, 2.45) is 0 Å². The molecular weight excluding hydrogens is 401 g/mol. The summed E-state index contributed by atoms with van der Waals surface area (Å²) >= 11 is 0. The van der Waals surface area contributed by atoms with Crippen molar-refractivity contribution in [2.75, 3.05) is 18.1 Å². The number of nitrogens with zero attached hydrogens (tertiary/aromatic N) is 1. The lowest BCUT2D eigenvalue weighted by molar-refractivity contribution is -0.192. The lowest BCUT2D eigenvalue weighted by Crippen LogP contribution is -2.26. The summed E-state index contributed by atoms with van der Waals surface area (Å²) in [5.74, 6) is -2.44. The molecule has 0 aliphatic rings. The van der Waals surface area contributed by atoms with Crippen LogP contribution in [0.25, 0.3) is 0 Å². The quantitative estimate of drug-likeness (QED) is 0.409. The number of amides is 1. The van der Waals surface area contributed by atoms with E-state index in [4.69, 9.17) is 19.5 Å². The van der Waals surface area contributed by atoms with Crippen LogP contribution in [0.5, 0.6) is 0 Å². The number of hydrogen-bond acceptors (Lipinski definition) is 7. The molecule has 8 nitrogen and oxygen atoms in total. The average Bonchev–Trinajstić information content (AvgIpc) is 3.01. The Kier molecular flexibility index (Phi) is 11.6. The molecule has 26 heavy (non-hydrogen) atoms. The highest BCUT2D eigenvalue weighted by Crippen LogP contribution is 2.21. The summed E-state index contributed by atoms with van der Waals surface area (Å²) in [6.07, 6.45) is -2.92. The molecule has 0 radical (unpaired) electrons. The first-order valence-corrected chi connectivity index (χ1v) is 9.56. The summed E-state index contributed by atoms with van der Waals surface area (Å²) in [4.78, 5) is 30.9. The number of nitrogens with one attached hydrogen (secondary N) is 1. The van der Waals surface area contributed by atoms with Crippen molar-refractivity contribution in [1.29, 1.82) is 0 Å². The molecule has 0 spiro atoms. The van der Waals surface area contributed by atoms with Gasteiger partial charge in [0, 0.05) is 18.1 Å². The maximum Gasteiger partial charge on any atom is 0.490 e. The number of rotatable bonds is 9. The van der Waals surface area contributed by atoms with Gasteiger partial charge < -0.3 is 20.1 Å². The van der Waals surface area contributed by atoms with Crippen molar-refractivity contribution in [2.45, 2.75) is 25.9 Å². The van der Waals surface area contributed by atoms with E-state index in [0.29, 0.717) is 30.0 Å². The van der Waals surface area contributed by atoms with E-state index in [0.717, 1.165) is 5.75 Å². The van der Waals surface area contributed by atoms with Crippen molar-refractivity contribution < 1.29 is 42.3 Å². The van der Waals surface area contributed by atoms with Gasteiger partial charge in [0.2, 0.25) is 0 Å². The van der Waals surface area contributed by atoms with Crippen molar-refractivity contribution >= 4 is 39.4 Å². The van der Waals surface area contributed by atoms with E-state index in [1.54, 1.807) is 10.8 Å². The van der Waals surface area contributed by atoms with E-state index in [-0.39, 0.29) is 12.3 Å². The second kappa shape index (κ2) is 12.5. The van der Waals surface area contributed by atoms with Gasteiger partial charge in [-0.2, -0.15) is 13.2 Å². The Morgan fingerprint density at radius 1 is 1.23 bits per heavy atom. The van der Waals surface area contributed by atoms with Crippen molar-refractivity contribution in [3.8, 4) is 0 Å². The summed E-state index contributed by atoms with van der Waals surface area (Å²) in [5, 5.41) is 22.1. The number of halogens is 3. The number of aromatic nitrogens is 1. The summed E-state index contributed by atoms with van der Waals surface area (Å²) in [6.45, 7) is 2.43. The van der Waals surface area contributed by atoms with Crippen LogP contribution in [0, 0.1) is 0 Å². The first-order chi connectivity index (χ1) is 12.1. The van der Waals surface area contributed by atoms with Crippen LogP contribution in [0.4, 0.5) is 13.2 Å². The summed E-state index contributed by atoms with van der Waals surface area (Å²) < 4.78 is 36.5. The first-order valence-electron chi connectivity index (χ1n) is 7.07. The van der Waals surface area contributed by atoms with E-state index in [1.807, 2.05) is 6.92 Å². The fourth-order valence-corrected chi connectivity index (χ4v) is 3.13. The molecule has 0 aliphatic heterocycles. The normalized spacial score (nSPS) is 10.6. The van der Waals surface area contributed by atoms with E-state index in [1.165, 1.54) is 17.1 Å². The molecule has 3 N–H and O–H groups in total. The fraction of sp³-hybridized carbons (Fsp3) is 0.538. The number of carboxylic acid groups (broad SMARTS) is 2. The number of carboxylic acids is 2. The van der Waals surface area contributed by atoms with Crippen LogP contribution < -0.4 is 5.32 Å². The zero-order valence-electron chi connectivity index (χ0n) is 13.5.